The number of methoxy groups -OCH3 is 3. The molecule has 0 fully saturated rings. The van der Waals surface area contributed by atoms with Crippen LogP contribution in [0.4, 0.5) is 22.3 Å². The van der Waals surface area contributed by atoms with Crippen molar-refractivity contribution in [3.8, 4) is 38.4 Å². The molecule has 0 saturated heterocycles. The number of halogens is 1. The molecule has 200 valence electrons. The maximum absolute atomic E-state index is 12.5. The Morgan fingerprint density at radius 2 is 1.77 bits per heavy atom. The molecule has 0 aliphatic rings. The lowest BCUT2D eigenvalue weighted by Crippen LogP contribution is -2.10. The van der Waals surface area contributed by atoms with E-state index in [-0.39, 0.29) is 11.7 Å². The maximum Gasteiger partial charge on any atom is 0.291 e. The first kappa shape index (κ1) is 26.5. The molecule has 0 aliphatic heterocycles. The molecule has 3 aromatic heterocycles. The first-order chi connectivity index (χ1) is 18.9. The second kappa shape index (κ2) is 11.4. The van der Waals surface area contributed by atoms with E-state index in [1.807, 2.05) is 23.6 Å². The number of furan rings is 1. The van der Waals surface area contributed by atoms with Crippen molar-refractivity contribution in [2.45, 2.75) is 0 Å². The van der Waals surface area contributed by atoms with Crippen LogP contribution in [0, 0.1) is 0 Å². The highest BCUT2D eigenvalue weighted by Crippen LogP contribution is 2.43. The Kier molecular flexibility index (Phi) is 7.72. The molecule has 2 aromatic carbocycles. The zero-order chi connectivity index (χ0) is 27.5. The summed E-state index contributed by atoms with van der Waals surface area (Å²) in [6, 6.07) is 14.3. The number of nitrogens with zero attached hydrogens (tertiary/aromatic N) is 2. The Labute approximate surface area is 239 Å². The van der Waals surface area contributed by atoms with Gasteiger partial charge >= 0.3 is 0 Å². The number of nitrogens with one attached hydrogen (secondary N) is 2. The van der Waals surface area contributed by atoms with Gasteiger partial charge < -0.3 is 35.0 Å². The summed E-state index contributed by atoms with van der Waals surface area (Å²) in [5, 5.41) is 9.34. The van der Waals surface area contributed by atoms with Gasteiger partial charge in [0.1, 0.15) is 15.7 Å². The van der Waals surface area contributed by atoms with E-state index in [1.165, 1.54) is 22.7 Å². The van der Waals surface area contributed by atoms with Gasteiger partial charge in [-0.3, -0.25) is 4.79 Å². The minimum Gasteiger partial charge on any atom is -0.493 e. The number of thiazole rings is 2. The van der Waals surface area contributed by atoms with Crippen LogP contribution in [-0.2, 0) is 0 Å². The molecule has 0 saturated carbocycles. The van der Waals surface area contributed by atoms with Gasteiger partial charge in [-0.25, -0.2) is 9.97 Å². The maximum atomic E-state index is 12.5. The SMILES string of the molecule is COc1cc(Nc2nc(N)c(-c3nc(-c4cccc(NC(=O)c5ccc(Br)o5)c4)cs3)s2)cc(OC)c1OC. The fraction of sp³-hybridized carbons (Fsp3) is 0.115. The van der Waals surface area contributed by atoms with Crippen LogP contribution in [0.25, 0.3) is 21.1 Å². The van der Waals surface area contributed by atoms with Crippen LogP contribution in [0.3, 0.4) is 0 Å². The van der Waals surface area contributed by atoms with Crippen molar-refractivity contribution in [2.24, 2.45) is 0 Å². The molecular formula is C26H22BrN5O5S2. The predicted molar refractivity (Wildman–Crippen MR) is 157 cm³/mol. The van der Waals surface area contributed by atoms with E-state index in [0.29, 0.717) is 44.2 Å². The normalized spacial score (nSPS) is 10.8. The highest BCUT2D eigenvalue weighted by atomic mass is 79.9. The zero-order valence-corrected chi connectivity index (χ0v) is 24.1. The van der Waals surface area contributed by atoms with E-state index in [9.17, 15) is 4.79 Å². The van der Waals surface area contributed by atoms with E-state index >= 15 is 0 Å². The molecule has 39 heavy (non-hydrogen) atoms. The largest absolute Gasteiger partial charge is 0.493 e. The minimum absolute atomic E-state index is 0.208. The van der Waals surface area contributed by atoms with Crippen molar-refractivity contribution in [2.75, 3.05) is 37.7 Å². The molecule has 13 heteroatoms. The van der Waals surface area contributed by atoms with Crippen LogP contribution < -0.4 is 30.6 Å². The standard InChI is InChI=1S/C26H22BrN5O5S2/c1-34-18-10-15(11-19(35-2)21(18)36-3)30-26-32-23(28)22(39-26)25-31-16(12-38-25)13-5-4-6-14(9-13)29-24(33)17-7-8-20(27)37-17/h4-12H,28H2,1-3H3,(H,29,33)(H,30,32). The number of ether oxygens (including phenoxy) is 3. The second-order valence-electron chi connectivity index (χ2n) is 7.95. The van der Waals surface area contributed by atoms with Crippen molar-refractivity contribution in [3.63, 3.8) is 0 Å². The number of nitrogens with two attached hydrogens (primary N) is 1. The molecule has 5 aromatic rings. The van der Waals surface area contributed by atoms with Gasteiger partial charge in [-0.15, -0.1) is 11.3 Å². The first-order valence-electron chi connectivity index (χ1n) is 11.3. The number of aromatic nitrogens is 2. The fourth-order valence-electron chi connectivity index (χ4n) is 3.71. The summed E-state index contributed by atoms with van der Waals surface area (Å²) in [6.07, 6.45) is 0. The van der Waals surface area contributed by atoms with Gasteiger partial charge in [-0.05, 0) is 40.2 Å². The van der Waals surface area contributed by atoms with Crippen LogP contribution in [0.15, 0.2) is 63.0 Å². The van der Waals surface area contributed by atoms with Crippen molar-refractivity contribution in [1.82, 2.24) is 9.97 Å². The number of nitrogen functional groups attached to an aromatic ring is 1. The van der Waals surface area contributed by atoms with Gasteiger partial charge in [0, 0.05) is 34.5 Å². The van der Waals surface area contributed by atoms with Gasteiger partial charge in [0.2, 0.25) is 5.75 Å². The van der Waals surface area contributed by atoms with E-state index in [2.05, 4.69) is 31.5 Å². The van der Waals surface area contributed by atoms with Crippen molar-refractivity contribution in [3.05, 3.63) is 64.3 Å². The number of anilines is 4. The zero-order valence-electron chi connectivity index (χ0n) is 20.9. The Morgan fingerprint density at radius 3 is 2.44 bits per heavy atom. The summed E-state index contributed by atoms with van der Waals surface area (Å²) in [5.41, 5.74) is 9.18. The predicted octanol–water partition coefficient (Wildman–Crippen LogP) is 6.89. The van der Waals surface area contributed by atoms with Crippen molar-refractivity contribution in [1.29, 1.82) is 0 Å². The third kappa shape index (κ3) is 5.70. The Bertz CT molecular complexity index is 1620. The average Bonchev–Trinajstić information content (AvgIpc) is 3.68. The highest BCUT2D eigenvalue weighted by Gasteiger charge is 2.18. The van der Waals surface area contributed by atoms with Crippen LogP contribution in [0.1, 0.15) is 10.6 Å². The molecule has 5 rings (SSSR count). The molecule has 3 heterocycles. The molecule has 0 atom stereocenters. The highest BCUT2D eigenvalue weighted by molar-refractivity contribution is 9.10. The quantitative estimate of drug-likeness (QED) is 0.160. The molecule has 0 aliphatic carbocycles. The molecule has 1 amide bonds. The van der Waals surface area contributed by atoms with Crippen LogP contribution in [0.5, 0.6) is 17.2 Å². The van der Waals surface area contributed by atoms with E-state index in [0.717, 1.165) is 21.1 Å². The van der Waals surface area contributed by atoms with Gasteiger partial charge in [0.15, 0.2) is 27.1 Å². The molecule has 4 N–H and O–H groups in total. The number of rotatable bonds is 9. The number of hydrogen-bond donors (Lipinski definition) is 3. The first-order valence-corrected chi connectivity index (χ1v) is 13.8. The summed E-state index contributed by atoms with van der Waals surface area (Å²) in [7, 11) is 4.67. The number of benzene rings is 2. The monoisotopic (exact) mass is 627 g/mol. The second-order valence-corrected chi connectivity index (χ2v) is 10.6. The summed E-state index contributed by atoms with van der Waals surface area (Å²) in [4.78, 5) is 22.5. The Hall–Kier alpha value is -4.07. The summed E-state index contributed by atoms with van der Waals surface area (Å²) < 4.78 is 22.1. The van der Waals surface area contributed by atoms with Gasteiger partial charge in [0.25, 0.3) is 5.91 Å². The Balaban J connectivity index is 1.35. The van der Waals surface area contributed by atoms with Crippen molar-refractivity contribution >= 4 is 66.8 Å². The molecule has 0 unspecified atom stereocenters. The van der Waals surface area contributed by atoms with Gasteiger partial charge in [0.05, 0.1) is 27.0 Å². The third-order valence-corrected chi connectivity index (χ3v) is 7.89. The van der Waals surface area contributed by atoms with Gasteiger partial charge in [-0.1, -0.05) is 23.5 Å². The summed E-state index contributed by atoms with van der Waals surface area (Å²) in [6.45, 7) is 0. The average molecular weight is 629 g/mol. The minimum atomic E-state index is -0.346. The van der Waals surface area contributed by atoms with Crippen LogP contribution in [-0.4, -0.2) is 37.2 Å². The van der Waals surface area contributed by atoms with Crippen molar-refractivity contribution < 1.29 is 23.4 Å². The van der Waals surface area contributed by atoms with E-state index < -0.39 is 0 Å². The van der Waals surface area contributed by atoms with Crippen LogP contribution >= 0.6 is 38.6 Å². The van der Waals surface area contributed by atoms with Crippen LogP contribution in [0.2, 0.25) is 0 Å². The Morgan fingerprint density at radius 1 is 1.00 bits per heavy atom. The lowest BCUT2D eigenvalue weighted by Gasteiger charge is -2.14. The lowest BCUT2D eigenvalue weighted by atomic mass is 10.1. The molecular weight excluding hydrogens is 606 g/mol. The number of amides is 1. The molecule has 0 radical (unpaired) electrons. The fourth-order valence-corrected chi connectivity index (χ4v) is 5.85. The smallest absolute Gasteiger partial charge is 0.291 e. The third-order valence-electron chi connectivity index (χ3n) is 5.48. The number of carbonyl (C=O) groups excluding carboxylic acids is 1. The summed E-state index contributed by atoms with van der Waals surface area (Å²) in [5.74, 6) is 1.76. The topological polar surface area (TPSA) is 134 Å². The summed E-state index contributed by atoms with van der Waals surface area (Å²) >= 11 is 6.04. The molecule has 0 bridgehead atoms. The number of hydrogen-bond acceptors (Lipinski definition) is 11. The lowest BCUT2D eigenvalue weighted by molar-refractivity contribution is 0.0995. The van der Waals surface area contributed by atoms with Gasteiger partial charge in [-0.2, -0.15) is 0 Å². The van der Waals surface area contributed by atoms with E-state index in [4.69, 9.17) is 29.3 Å². The number of carbonyl (C=O) groups is 1. The molecule has 10 nitrogen and oxygen atoms in total. The molecule has 0 spiro atoms. The van der Waals surface area contributed by atoms with E-state index in [1.54, 1.807) is 51.7 Å².